The summed E-state index contributed by atoms with van der Waals surface area (Å²) < 4.78 is 37.6. The van der Waals surface area contributed by atoms with Crippen LogP contribution in [0.5, 0.6) is 6.01 Å². The summed E-state index contributed by atoms with van der Waals surface area (Å²) in [6, 6.07) is 7.43. The number of nitrogen functional groups attached to an aromatic ring is 1. The molecule has 2 aromatic heterocycles. The summed E-state index contributed by atoms with van der Waals surface area (Å²) in [5.41, 5.74) is 5.82. The van der Waals surface area contributed by atoms with E-state index in [-0.39, 0.29) is 44.1 Å². The second-order valence-electron chi connectivity index (χ2n) is 11.7. The first-order valence-corrected chi connectivity index (χ1v) is 15.2. The number of benzene rings is 2. The minimum Gasteiger partial charge on any atom is -0.462 e. The Balaban J connectivity index is 1.37. The average Bonchev–Trinajstić information content (AvgIpc) is 3.54. The lowest BCUT2D eigenvalue weighted by Crippen LogP contribution is -2.51. The Kier molecular flexibility index (Phi) is 6.81. The molecule has 3 aliphatic rings. The Bertz CT molecular complexity index is 1750. The Morgan fingerprint density at radius 3 is 2.74 bits per heavy atom. The minimum absolute atomic E-state index is 0.000518. The van der Waals surface area contributed by atoms with Gasteiger partial charge in [-0.2, -0.15) is 15.2 Å². The molecule has 0 saturated carbocycles. The van der Waals surface area contributed by atoms with Crippen LogP contribution < -0.4 is 20.7 Å². The predicted octanol–water partition coefficient (Wildman–Crippen LogP) is 4.98. The van der Waals surface area contributed by atoms with Gasteiger partial charge in [0, 0.05) is 48.2 Å². The second kappa shape index (κ2) is 10.4. The van der Waals surface area contributed by atoms with Crippen LogP contribution in [0.15, 0.2) is 18.2 Å². The Morgan fingerprint density at radius 1 is 1.21 bits per heavy atom. The number of nitrogens with two attached hydrogens (primary N) is 1. The molecule has 3 unspecified atom stereocenters. The number of piperidine rings is 1. The molecule has 2 aromatic carbocycles. The Hall–Kier alpha value is -3.37. The Morgan fingerprint density at radius 2 is 2.00 bits per heavy atom. The topological polar surface area (TPSA) is 116 Å². The van der Waals surface area contributed by atoms with E-state index in [2.05, 4.69) is 31.2 Å². The summed E-state index contributed by atoms with van der Waals surface area (Å²) in [4.78, 5) is 17.8. The summed E-state index contributed by atoms with van der Waals surface area (Å²) in [7, 11) is 1.98. The highest BCUT2D eigenvalue weighted by atomic mass is 35.5. The van der Waals surface area contributed by atoms with Gasteiger partial charge in [-0.1, -0.05) is 22.9 Å². The van der Waals surface area contributed by atoms with Crippen molar-refractivity contribution in [1.29, 1.82) is 5.26 Å². The maximum absolute atomic E-state index is 16.7. The maximum atomic E-state index is 16.7. The van der Waals surface area contributed by atoms with Crippen molar-refractivity contribution in [2.45, 2.75) is 37.8 Å². The zero-order valence-electron chi connectivity index (χ0n) is 23.0. The summed E-state index contributed by atoms with van der Waals surface area (Å²) >= 11 is 7.77. The third kappa shape index (κ3) is 4.68. The largest absolute Gasteiger partial charge is 0.462 e. The molecule has 2 bridgehead atoms. The van der Waals surface area contributed by atoms with E-state index < -0.39 is 17.0 Å². The molecule has 3 N–H and O–H groups in total. The highest BCUT2D eigenvalue weighted by molar-refractivity contribution is 7.22. The number of fused-ring (bicyclic) bond motifs is 4. The van der Waals surface area contributed by atoms with Crippen LogP contribution in [0, 0.1) is 28.4 Å². The first-order valence-electron chi connectivity index (χ1n) is 14.0. The van der Waals surface area contributed by atoms with Crippen LogP contribution in [0.3, 0.4) is 0 Å². The lowest BCUT2D eigenvalue weighted by molar-refractivity contribution is 0.0947. The summed E-state index contributed by atoms with van der Waals surface area (Å²) in [6.45, 7) is 2.97. The number of thiazole rings is 1. The van der Waals surface area contributed by atoms with Crippen molar-refractivity contribution in [3.05, 3.63) is 34.9 Å². The average molecular weight is 611 g/mol. The zero-order valence-corrected chi connectivity index (χ0v) is 24.5. The van der Waals surface area contributed by atoms with Crippen LogP contribution in [-0.2, 0) is 0 Å². The van der Waals surface area contributed by atoms with Crippen molar-refractivity contribution in [2.75, 3.05) is 50.5 Å². The number of hydrogen-bond acceptors (Lipinski definition) is 10. The third-order valence-electron chi connectivity index (χ3n) is 8.62. The number of rotatable bonds is 5. The quantitative estimate of drug-likeness (QED) is 0.323. The number of anilines is 2. The number of aromatic nitrogens is 3. The number of ether oxygens (including phenoxy) is 1. The molecule has 4 aromatic rings. The van der Waals surface area contributed by atoms with Gasteiger partial charge in [0.15, 0.2) is 10.9 Å². The molecule has 5 heterocycles. The number of nitriles is 1. The number of halogens is 3. The van der Waals surface area contributed by atoms with Crippen molar-refractivity contribution in [3.8, 4) is 23.2 Å². The van der Waals surface area contributed by atoms with Crippen LogP contribution >= 0.6 is 22.9 Å². The van der Waals surface area contributed by atoms with E-state index in [0.29, 0.717) is 54.9 Å². The van der Waals surface area contributed by atoms with Crippen molar-refractivity contribution >= 4 is 55.0 Å². The van der Waals surface area contributed by atoms with Gasteiger partial charge in [0.25, 0.3) is 0 Å². The molecule has 3 aliphatic heterocycles. The minimum atomic E-state index is -0.715. The zero-order chi connectivity index (χ0) is 29.2. The van der Waals surface area contributed by atoms with Gasteiger partial charge >= 0.3 is 6.01 Å². The van der Waals surface area contributed by atoms with Gasteiger partial charge < -0.3 is 25.6 Å². The molecule has 3 fully saturated rings. The fourth-order valence-electron chi connectivity index (χ4n) is 6.68. The van der Waals surface area contributed by atoms with Crippen LogP contribution in [0.25, 0.3) is 32.2 Å². The van der Waals surface area contributed by atoms with Crippen LogP contribution in [-0.4, -0.2) is 71.8 Å². The third-order valence-corrected chi connectivity index (χ3v) is 9.81. The molecule has 13 heteroatoms. The van der Waals surface area contributed by atoms with Crippen molar-refractivity contribution < 1.29 is 13.5 Å². The van der Waals surface area contributed by atoms with Crippen LogP contribution in [0.1, 0.15) is 25.7 Å². The van der Waals surface area contributed by atoms with Gasteiger partial charge in [-0.05, 0) is 57.5 Å². The van der Waals surface area contributed by atoms with E-state index in [4.69, 9.17) is 27.1 Å². The lowest BCUT2D eigenvalue weighted by atomic mass is 9.82. The van der Waals surface area contributed by atoms with E-state index >= 15 is 4.39 Å². The highest BCUT2D eigenvalue weighted by Crippen LogP contribution is 2.43. The van der Waals surface area contributed by atoms with E-state index in [9.17, 15) is 9.65 Å². The molecule has 0 spiro atoms. The SMILES string of the molecule is CN1CCCC(C#N)(COc2nc(N3CC4CCC(C3)N4)c3cc(Cl)c(-c4ccc(F)c5sc(N)nc45)c(F)c3n2)C1. The van der Waals surface area contributed by atoms with Crippen molar-refractivity contribution in [3.63, 3.8) is 0 Å². The molecule has 3 atom stereocenters. The van der Waals surface area contributed by atoms with Gasteiger partial charge in [-0.3, -0.25) is 0 Å². The fourth-order valence-corrected chi connectivity index (χ4v) is 7.74. The molecule has 3 saturated heterocycles. The highest BCUT2D eigenvalue weighted by Gasteiger charge is 2.37. The summed E-state index contributed by atoms with van der Waals surface area (Å²) in [6.07, 6.45) is 3.69. The fraction of sp³-hybridized carbons (Fsp3) is 0.448. The summed E-state index contributed by atoms with van der Waals surface area (Å²) in [5, 5.41) is 14.4. The normalized spacial score (nSPS) is 24.4. The maximum Gasteiger partial charge on any atom is 0.319 e. The van der Waals surface area contributed by atoms with E-state index in [1.807, 2.05) is 7.05 Å². The predicted molar refractivity (Wildman–Crippen MR) is 160 cm³/mol. The van der Waals surface area contributed by atoms with Gasteiger partial charge in [0.2, 0.25) is 0 Å². The van der Waals surface area contributed by atoms with Crippen LogP contribution in [0.2, 0.25) is 5.02 Å². The monoisotopic (exact) mass is 610 g/mol. The van der Waals surface area contributed by atoms with Gasteiger partial charge in [-0.25, -0.2) is 13.8 Å². The molecular weight excluding hydrogens is 582 g/mol. The number of piperazine rings is 1. The molecular formula is C29H29ClF2N8OS. The molecule has 7 rings (SSSR count). The van der Waals surface area contributed by atoms with Gasteiger partial charge in [0.1, 0.15) is 29.2 Å². The smallest absolute Gasteiger partial charge is 0.319 e. The van der Waals surface area contributed by atoms with Gasteiger partial charge in [0.05, 0.1) is 21.3 Å². The first-order chi connectivity index (χ1) is 20.2. The van der Waals surface area contributed by atoms with E-state index in [0.717, 1.165) is 37.1 Å². The van der Waals surface area contributed by atoms with Crippen molar-refractivity contribution in [1.82, 2.24) is 25.2 Å². The first kappa shape index (κ1) is 27.5. The molecule has 0 radical (unpaired) electrons. The second-order valence-corrected chi connectivity index (χ2v) is 13.1. The molecule has 0 amide bonds. The number of hydrogen-bond donors (Lipinski definition) is 2. The molecule has 218 valence electrons. The standard InChI is InChI=1S/C29H29ClF2N8OS/c1-39-8-2-7-29(12-33,13-39)14-41-28-37-23-18(26(38-28)40-10-15-3-4-16(11-40)35-15)9-19(30)21(22(23)32)17-5-6-20(31)25-24(17)36-27(34)42-25/h5-6,9,15-16,35H,2-4,7-8,10-11,13-14H2,1H3,(H2,34,36). The molecule has 9 nitrogen and oxygen atoms in total. The summed E-state index contributed by atoms with van der Waals surface area (Å²) in [5.74, 6) is -0.639. The number of nitrogens with zero attached hydrogens (tertiary/aromatic N) is 6. The van der Waals surface area contributed by atoms with Crippen molar-refractivity contribution in [2.24, 2.45) is 5.41 Å². The number of likely N-dealkylation sites (tertiary alicyclic amines) is 1. The number of nitrogens with one attached hydrogen (secondary N) is 1. The van der Waals surface area contributed by atoms with Crippen LogP contribution in [0.4, 0.5) is 19.7 Å². The van der Waals surface area contributed by atoms with E-state index in [1.54, 1.807) is 6.07 Å². The van der Waals surface area contributed by atoms with E-state index in [1.165, 1.54) is 12.1 Å². The Labute approximate surface area is 250 Å². The molecule has 0 aliphatic carbocycles. The van der Waals surface area contributed by atoms with Gasteiger partial charge in [-0.15, -0.1) is 0 Å². The lowest BCUT2D eigenvalue weighted by Gasteiger charge is -2.36. The molecule has 42 heavy (non-hydrogen) atoms.